The molecule has 0 saturated carbocycles. The number of halogens is 1. The molecule has 0 radical (unpaired) electrons. The van der Waals surface area contributed by atoms with E-state index in [2.05, 4.69) is 9.88 Å². The molecular weight excluding hydrogens is 352 g/mol. The van der Waals surface area contributed by atoms with Gasteiger partial charge in [-0.15, -0.1) is 11.3 Å². The Kier molecular flexibility index (Phi) is 4.79. The minimum Gasteiger partial charge on any atom is -0.375 e. The summed E-state index contributed by atoms with van der Waals surface area (Å²) in [5.41, 5.74) is 6.83. The molecule has 1 aliphatic rings. The van der Waals surface area contributed by atoms with Gasteiger partial charge in [0.05, 0.1) is 15.8 Å². The van der Waals surface area contributed by atoms with Crippen molar-refractivity contribution in [2.45, 2.75) is 12.8 Å². The van der Waals surface area contributed by atoms with E-state index in [1.807, 2.05) is 25.5 Å². The van der Waals surface area contributed by atoms with Gasteiger partial charge >= 0.3 is 0 Å². The molecule has 0 aromatic carbocycles. The molecule has 2 N–H and O–H groups in total. The number of thiophene rings is 1. The number of hydrogen-bond acceptors (Lipinski definition) is 6. The van der Waals surface area contributed by atoms with Gasteiger partial charge in [-0.3, -0.25) is 4.79 Å². The van der Waals surface area contributed by atoms with Crippen LogP contribution in [0.5, 0.6) is 0 Å². The first kappa shape index (κ1) is 16.5. The lowest BCUT2D eigenvalue weighted by molar-refractivity contribution is -0.133. The lowest BCUT2D eigenvalue weighted by atomic mass is 9.97. The summed E-state index contributed by atoms with van der Waals surface area (Å²) in [6.07, 6.45) is 1.93. The van der Waals surface area contributed by atoms with Crippen molar-refractivity contribution in [3.8, 4) is 10.6 Å². The Morgan fingerprint density at radius 1 is 1.52 bits per heavy atom. The third kappa shape index (κ3) is 3.46. The normalized spacial score (nSPS) is 18.2. The van der Waals surface area contributed by atoms with Crippen molar-refractivity contribution in [1.29, 1.82) is 0 Å². The Balaban J connectivity index is 1.88. The molecule has 8 heteroatoms. The van der Waals surface area contributed by atoms with Gasteiger partial charge in [-0.1, -0.05) is 22.9 Å². The highest BCUT2D eigenvalue weighted by Gasteiger charge is 2.29. The van der Waals surface area contributed by atoms with Crippen LogP contribution in [0.25, 0.3) is 10.6 Å². The first-order valence-electron chi connectivity index (χ1n) is 7.42. The molecular formula is C15H19ClN4OS2. The number of piperidine rings is 1. The number of rotatable bonds is 3. The molecule has 3 rings (SSSR count). The number of amides is 1. The van der Waals surface area contributed by atoms with Crippen LogP contribution in [0.4, 0.5) is 10.1 Å². The largest absolute Gasteiger partial charge is 0.375 e. The Hall–Kier alpha value is -1.31. The first-order valence-corrected chi connectivity index (χ1v) is 9.50. The molecule has 1 fully saturated rings. The molecule has 1 aliphatic heterocycles. The molecule has 1 unspecified atom stereocenters. The summed E-state index contributed by atoms with van der Waals surface area (Å²) in [4.78, 5) is 21.7. The Morgan fingerprint density at radius 2 is 2.30 bits per heavy atom. The van der Waals surface area contributed by atoms with Crippen LogP contribution in [-0.4, -0.2) is 43.0 Å². The number of carbonyl (C=O) groups excluding carboxylic acids is 1. The van der Waals surface area contributed by atoms with E-state index in [9.17, 15) is 4.79 Å². The number of anilines is 2. The summed E-state index contributed by atoms with van der Waals surface area (Å²) in [7, 11) is 3.62. The predicted molar refractivity (Wildman–Crippen MR) is 98.5 cm³/mol. The lowest BCUT2D eigenvalue weighted by Gasteiger charge is -2.34. The van der Waals surface area contributed by atoms with Gasteiger partial charge in [-0.2, -0.15) is 0 Å². The molecule has 1 saturated heterocycles. The molecule has 2 aromatic rings. The van der Waals surface area contributed by atoms with Crippen LogP contribution in [0, 0.1) is 5.92 Å². The Bertz CT molecular complexity index is 712. The molecule has 0 bridgehead atoms. The number of thiazole rings is 1. The number of aromatic nitrogens is 1. The van der Waals surface area contributed by atoms with Crippen LogP contribution < -0.4 is 10.6 Å². The van der Waals surface area contributed by atoms with Crippen LogP contribution >= 0.6 is 34.3 Å². The highest BCUT2D eigenvalue weighted by atomic mass is 35.5. The van der Waals surface area contributed by atoms with Gasteiger partial charge in [0.1, 0.15) is 10.7 Å². The Labute approximate surface area is 148 Å². The molecule has 1 amide bonds. The fraction of sp³-hybridized carbons (Fsp3) is 0.467. The zero-order valence-electron chi connectivity index (χ0n) is 13.1. The van der Waals surface area contributed by atoms with E-state index in [4.69, 9.17) is 17.3 Å². The maximum Gasteiger partial charge on any atom is 0.226 e. The van der Waals surface area contributed by atoms with E-state index in [1.165, 1.54) is 11.3 Å². The van der Waals surface area contributed by atoms with Crippen LogP contribution in [0.3, 0.4) is 0 Å². The highest BCUT2D eigenvalue weighted by molar-refractivity contribution is 7.20. The van der Waals surface area contributed by atoms with Crippen molar-refractivity contribution >= 4 is 50.3 Å². The van der Waals surface area contributed by atoms with Crippen molar-refractivity contribution in [2.24, 2.45) is 5.92 Å². The van der Waals surface area contributed by atoms with Gasteiger partial charge in [-0.05, 0) is 18.9 Å². The summed E-state index contributed by atoms with van der Waals surface area (Å²) in [6.45, 7) is 1.63. The van der Waals surface area contributed by atoms with E-state index in [0.717, 1.165) is 35.0 Å². The fourth-order valence-electron chi connectivity index (χ4n) is 2.87. The smallest absolute Gasteiger partial charge is 0.226 e. The first-order chi connectivity index (χ1) is 11.0. The molecule has 124 valence electrons. The van der Waals surface area contributed by atoms with Gasteiger partial charge in [0.25, 0.3) is 0 Å². The average Bonchev–Trinajstić information content (AvgIpc) is 3.12. The second kappa shape index (κ2) is 6.67. The summed E-state index contributed by atoms with van der Waals surface area (Å²) >= 11 is 9.09. The fourth-order valence-corrected chi connectivity index (χ4v) is 4.88. The van der Waals surface area contributed by atoms with E-state index in [-0.39, 0.29) is 11.8 Å². The maximum absolute atomic E-state index is 12.3. The second-order valence-corrected chi connectivity index (χ2v) is 8.21. The summed E-state index contributed by atoms with van der Waals surface area (Å²) in [5, 5.41) is 4.19. The second-order valence-electron chi connectivity index (χ2n) is 5.85. The van der Waals surface area contributed by atoms with Crippen LogP contribution in [0.15, 0.2) is 11.4 Å². The van der Waals surface area contributed by atoms with Gasteiger partial charge in [-0.25, -0.2) is 4.98 Å². The zero-order valence-corrected chi connectivity index (χ0v) is 15.5. The third-order valence-corrected chi connectivity index (χ3v) is 6.16. The predicted octanol–water partition coefficient (Wildman–Crippen LogP) is 3.41. The minimum absolute atomic E-state index is 0.0295. The Morgan fingerprint density at radius 3 is 2.96 bits per heavy atom. The van der Waals surface area contributed by atoms with Crippen LogP contribution in [-0.2, 0) is 4.79 Å². The van der Waals surface area contributed by atoms with Gasteiger partial charge in [0.15, 0.2) is 5.13 Å². The van der Waals surface area contributed by atoms with Gasteiger partial charge in [0, 0.05) is 32.6 Å². The standard InChI is InChI=1S/C15H19ClN4OS2/c1-19(2)13(21)9-4-3-5-20(7-9)14-12(18-15(17)23-14)11-6-10(16)8-22-11/h6,8-9H,3-5,7H2,1-2H3,(H2,17,18). The maximum atomic E-state index is 12.3. The quantitative estimate of drug-likeness (QED) is 0.899. The number of carbonyl (C=O) groups is 1. The average molecular weight is 371 g/mol. The van der Waals surface area contributed by atoms with Crippen LogP contribution in [0.2, 0.25) is 5.02 Å². The topological polar surface area (TPSA) is 62.5 Å². The SMILES string of the molecule is CN(C)C(=O)C1CCCN(c2sc(N)nc2-c2cc(Cl)cs2)C1. The third-order valence-electron chi connectivity index (χ3n) is 3.93. The number of nitrogens with two attached hydrogens (primary N) is 1. The van der Waals surface area contributed by atoms with Gasteiger partial charge in [0.2, 0.25) is 5.91 Å². The van der Waals surface area contributed by atoms with E-state index in [0.29, 0.717) is 16.7 Å². The summed E-state index contributed by atoms with van der Waals surface area (Å²) in [5.74, 6) is 0.217. The van der Waals surface area contributed by atoms with Crippen molar-refractivity contribution in [3.05, 3.63) is 16.5 Å². The number of nitrogen functional groups attached to an aromatic ring is 1. The molecule has 0 aliphatic carbocycles. The molecule has 1 atom stereocenters. The monoisotopic (exact) mass is 370 g/mol. The van der Waals surface area contributed by atoms with E-state index < -0.39 is 0 Å². The van der Waals surface area contributed by atoms with Crippen molar-refractivity contribution in [2.75, 3.05) is 37.8 Å². The highest BCUT2D eigenvalue weighted by Crippen LogP contribution is 2.42. The summed E-state index contributed by atoms with van der Waals surface area (Å²) in [6, 6.07) is 1.91. The van der Waals surface area contributed by atoms with Gasteiger partial charge < -0.3 is 15.5 Å². The van der Waals surface area contributed by atoms with Crippen molar-refractivity contribution in [1.82, 2.24) is 9.88 Å². The number of hydrogen-bond donors (Lipinski definition) is 1. The van der Waals surface area contributed by atoms with Crippen LogP contribution in [0.1, 0.15) is 12.8 Å². The minimum atomic E-state index is 0.0295. The van der Waals surface area contributed by atoms with E-state index >= 15 is 0 Å². The molecule has 3 heterocycles. The van der Waals surface area contributed by atoms with E-state index in [1.54, 1.807) is 16.2 Å². The molecule has 2 aromatic heterocycles. The number of nitrogens with zero attached hydrogens (tertiary/aromatic N) is 3. The molecule has 5 nitrogen and oxygen atoms in total. The summed E-state index contributed by atoms with van der Waals surface area (Å²) < 4.78 is 0. The zero-order chi connectivity index (χ0) is 16.6. The lowest BCUT2D eigenvalue weighted by Crippen LogP contribution is -2.42. The molecule has 23 heavy (non-hydrogen) atoms. The molecule has 0 spiro atoms. The van der Waals surface area contributed by atoms with Crippen molar-refractivity contribution in [3.63, 3.8) is 0 Å². The van der Waals surface area contributed by atoms with Crippen molar-refractivity contribution < 1.29 is 4.79 Å².